The molecule has 0 saturated carbocycles. The third-order valence-corrected chi connectivity index (χ3v) is 4.18. The lowest BCUT2D eigenvalue weighted by Gasteiger charge is -2.42. The predicted octanol–water partition coefficient (Wildman–Crippen LogP) is 1.51. The molecule has 1 aromatic heterocycles. The minimum Gasteiger partial charge on any atom is -0.345 e. The average molecular weight is 218 g/mol. The first-order valence-electron chi connectivity index (χ1n) is 6.39. The van der Waals surface area contributed by atoms with Crippen LogP contribution in [0.2, 0.25) is 0 Å². The molecular weight excluding hydrogens is 198 g/mol. The molecule has 2 saturated heterocycles. The summed E-state index contributed by atoms with van der Waals surface area (Å²) >= 11 is 0. The van der Waals surface area contributed by atoms with Crippen LogP contribution in [0.3, 0.4) is 0 Å². The molecule has 0 radical (unpaired) electrons. The minimum absolute atomic E-state index is 1.15. The maximum Gasteiger partial charge on any atom is 0.128 e. The summed E-state index contributed by atoms with van der Waals surface area (Å²) < 4.78 is 1.38. The summed E-state index contributed by atoms with van der Waals surface area (Å²) in [6, 6.07) is 6.19. The molecule has 0 aliphatic carbocycles. The summed E-state index contributed by atoms with van der Waals surface area (Å²) in [4.78, 5) is 6.87. The Kier molecular flexibility index (Phi) is 2.56. The second kappa shape index (κ2) is 4.06. The molecule has 0 amide bonds. The second-order valence-corrected chi connectivity index (χ2v) is 5.12. The van der Waals surface area contributed by atoms with Gasteiger partial charge in [-0.15, -0.1) is 0 Å². The van der Waals surface area contributed by atoms with E-state index in [-0.39, 0.29) is 0 Å². The van der Waals surface area contributed by atoms with Gasteiger partial charge >= 0.3 is 0 Å². The van der Waals surface area contributed by atoms with Gasteiger partial charge in [0.25, 0.3) is 0 Å². The van der Waals surface area contributed by atoms with Gasteiger partial charge in [0, 0.05) is 19.0 Å². The number of anilines is 1. The summed E-state index contributed by atoms with van der Waals surface area (Å²) in [5.74, 6) is 1.15. The first-order valence-corrected chi connectivity index (χ1v) is 6.39. The maximum absolute atomic E-state index is 4.44. The summed E-state index contributed by atoms with van der Waals surface area (Å²) in [5.41, 5.74) is 0. The molecule has 2 aliphatic heterocycles. The van der Waals surface area contributed by atoms with Gasteiger partial charge in [-0.1, -0.05) is 6.07 Å². The Morgan fingerprint density at radius 1 is 1.00 bits per heavy atom. The fourth-order valence-electron chi connectivity index (χ4n) is 3.11. The Labute approximate surface area is 97.3 Å². The van der Waals surface area contributed by atoms with E-state index in [1.807, 2.05) is 12.3 Å². The average Bonchev–Trinajstić information content (AvgIpc) is 2.80. The Hall–Kier alpha value is -1.09. The molecule has 0 bridgehead atoms. The van der Waals surface area contributed by atoms with Gasteiger partial charge in [-0.25, -0.2) is 4.98 Å². The van der Waals surface area contributed by atoms with Crippen LogP contribution < -0.4 is 4.90 Å². The van der Waals surface area contributed by atoms with Crippen molar-refractivity contribution < 1.29 is 4.48 Å². The fraction of sp³-hybridized carbons (Fsp3) is 0.615. The number of hydrogen-bond donors (Lipinski definition) is 0. The molecule has 1 aromatic rings. The molecule has 0 atom stereocenters. The summed E-state index contributed by atoms with van der Waals surface area (Å²) in [5, 5.41) is 0. The van der Waals surface area contributed by atoms with Crippen LogP contribution in [0.4, 0.5) is 5.82 Å². The van der Waals surface area contributed by atoms with Gasteiger partial charge in [0.1, 0.15) is 5.82 Å². The van der Waals surface area contributed by atoms with E-state index in [0.717, 1.165) is 5.82 Å². The zero-order valence-electron chi connectivity index (χ0n) is 9.81. The van der Waals surface area contributed by atoms with E-state index in [2.05, 4.69) is 22.0 Å². The number of piperazine rings is 1. The molecule has 0 aromatic carbocycles. The standard InChI is InChI=1S/C13H20N3/c1-2-6-14-13(5-1)15-7-11-16(12-8-15)9-3-4-10-16/h1-2,5-6H,3-4,7-12H2/q+1. The van der Waals surface area contributed by atoms with E-state index in [9.17, 15) is 0 Å². The number of hydrogen-bond acceptors (Lipinski definition) is 2. The molecule has 3 heteroatoms. The van der Waals surface area contributed by atoms with E-state index < -0.39 is 0 Å². The van der Waals surface area contributed by atoms with Crippen molar-refractivity contribution in [3.8, 4) is 0 Å². The highest BCUT2D eigenvalue weighted by Gasteiger charge is 2.35. The van der Waals surface area contributed by atoms with Crippen molar-refractivity contribution in [2.45, 2.75) is 12.8 Å². The monoisotopic (exact) mass is 218 g/mol. The fourth-order valence-corrected chi connectivity index (χ4v) is 3.11. The zero-order valence-corrected chi connectivity index (χ0v) is 9.81. The molecule has 3 rings (SSSR count). The quantitative estimate of drug-likeness (QED) is 0.664. The highest BCUT2D eigenvalue weighted by molar-refractivity contribution is 5.37. The Morgan fingerprint density at radius 3 is 2.38 bits per heavy atom. The first-order chi connectivity index (χ1) is 7.88. The third-order valence-electron chi connectivity index (χ3n) is 4.18. The van der Waals surface area contributed by atoms with Crippen LogP contribution in [0.15, 0.2) is 24.4 Å². The Balaban J connectivity index is 1.66. The molecular formula is C13H20N3+. The summed E-state index contributed by atoms with van der Waals surface area (Å²) in [6.07, 6.45) is 4.76. The predicted molar refractivity (Wildman–Crippen MR) is 65.4 cm³/mol. The van der Waals surface area contributed by atoms with Gasteiger partial charge in [0.05, 0.1) is 39.3 Å². The molecule has 0 N–H and O–H groups in total. The molecule has 86 valence electrons. The van der Waals surface area contributed by atoms with Crippen LogP contribution in [0.25, 0.3) is 0 Å². The Morgan fingerprint density at radius 2 is 1.75 bits per heavy atom. The molecule has 1 spiro atoms. The number of pyridine rings is 1. The highest BCUT2D eigenvalue weighted by Crippen LogP contribution is 2.23. The number of quaternary nitrogens is 1. The van der Waals surface area contributed by atoms with Gasteiger partial charge in [0.15, 0.2) is 0 Å². The normalized spacial score (nSPS) is 23.9. The van der Waals surface area contributed by atoms with Crippen LogP contribution in [0.5, 0.6) is 0 Å². The smallest absolute Gasteiger partial charge is 0.128 e. The lowest BCUT2D eigenvalue weighted by Crippen LogP contribution is -2.58. The molecule has 16 heavy (non-hydrogen) atoms. The van der Waals surface area contributed by atoms with E-state index in [0.29, 0.717) is 0 Å². The molecule has 3 nitrogen and oxygen atoms in total. The first kappa shape index (κ1) is 10.1. The van der Waals surface area contributed by atoms with Crippen LogP contribution >= 0.6 is 0 Å². The third kappa shape index (κ3) is 1.80. The second-order valence-electron chi connectivity index (χ2n) is 5.12. The van der Waals surface area contributed by atoms with Crippen molar-refractivity contribution in [3.63, 3.8) is 0 Å². The number of rotatable bonds is 1. The molecule has 0 unspecified atom stereocenters. The van der Waals surface area contributed by atoms with Crippen molar-refractivity contribution in [3.05, 3.63) is 24.4 Å². The number of nitrogens with zero attached hydrogens (tertiary/aromatic N) is 3. The largest absolute Gasteiger partial charge is 0.345 e. The minimum atomic E-state index is 1.15. The van der Waals surface area contributed by atoms with Crippen molar-refractivity contribution in [2.75, 3.05) is 44.2 Å². The lowest BCUT2D eigenvalue weighted by molar-refractivity contribution is -0.917. The van der Waals surface area contributed by atoms with Crippen LogP contribution in [-0.2, 0) is 0 Å². The van der Waals surface area contributed by atoms with Gasteiger partial charge in [-0.05, 0) is 12.1 Å². The van der Waals surface area contributed by atoms with Gasteiger partial charge in [0.2, 0.25) is 0 Å². The van der Waals surface area contributed by atoms with Crippen molar-refractivity contribution >= 4 is 5.82 Å². The number of aromatic nitrogens is 1. The van der Waals surface area contributed by atoms with Crippen molar-refractivity contribution in [2.24, 2.45) is 0 Å². The van der Waals surface area contributed by atoms with Crippen LogP contribution in [-0.4, -0.2) is 48.7 Å². The zero-order chi connectivity index (χ0) is 10.8. The maximum atomic E-state index is 4.44. The van der Waals surface area contributed by atoms with E-state index in [1.165, 1.54) is 56.6 Å². The summed E-state index contributed by atoms with van der Waals surface area (Å²) in [6.45, 7) is 7.81. The van der Waals surface area contributed by atoms with Crippen molar-refractivity contribution in [1.29, 1.82) is 0 Å². The van der Waals surface area contributed by atoms with Crippen LogP contribution in [0, 0.1) is 0 Å². The molecule has 3 heterocycles. The van der Waals surface area contributed by atoms with Gasteiger partial charge < -0.3 is 9.38 Å². The van der Waals surface area contributed by atoms with E-state index >= 15 is 0 Å². The molecule has 2 fully saturated rings. The van der Waals surface area contributed by atoms with E-state index in [1.54, 1.807) is 0 Å². The lowest BCUT2D eigenvalue weighted by atomic mass is 10.2. The van der Waals surface area contributed by atoms with Gasteiger partial charge in [-0.2, -0.15) is 0 Å². The van der Waals surface area contributed by atoms with E-state index in [4.69, 9.17) is 0 Å². The highest BCUT2D eigenvalue weighted by atomic mass is 15.4. The van der Waals surface area contributed by atoms with Crippen molar-refractivity contribution in [1.82, 2.24) is 4.98 Å². The Bertz CT molecular complexity index is 333. The SMILES string of the molecule is c1ccc(N2CC[N+]3(CCCC3)CC2)nc1. The topological polar surface area (TPSA) is 16.1 Å². The summed E-state index contributed by atoms with van der Waals surface area (Å²) in [7, 11) is 0. The molecule has 2 aliphatic rings. The van der Waals surface area contributed by atoms with Gasteiger partial charge in [-0.3, -0.25) is 0 Å². The van der Waals surface area contributed by atoms with Crippen LogP contribution in [0.1, 0.15) is 12.8 Å².